The van der Waals surface area contributed by atoms with E-state index < -0.39 is 5.60 Å². The average Bonchev–Trinajstić information content (AvgIpc) is 2.82. The molecule has 3 rings (SSSR count). The zero-order valence-corrected chi connectivity index (χ0v) is 21.8. The molecular weight excluding hydrogens is 460 g/mol. The van der Waals surface area contributed by atoms with Crippen LogP contribution in [0.5, 0.6) is 0 Å². The quantitative estimate of drug-likeness (QED) is 0.335. The van der Waals surface area contributed by atoms with Crippen LogP contribution in [0.1, 0.15) is 73.9 Å². The number of nitrogens with one attached hydrogen (secondary N) is 1. The number of benzene rings is 2. The first-order valence-corrected chi connectivity index (χ1v) is 12.7. The molecule has 0 spiro atoms. The summed E-state index contributed by atoms with van der Waals surface area (Å²) in [5, 5.41) is 3.78. The second-order valence-electron chi connectivity index (χ2n) is 10.2. The number of hydrogen-bond acceptors (Lipinski definition) is 4. The van der Waals surface area contributed by atoms with Gasteiger partial charge in [-0.3, -0.25) is 9.59 Å². The smallest absolute Gasteiger partial charge is 0.320 e. The fourth-order valence-corrected chi connectivity index (χ4v) is 4.74. The van der Waals surface area contributed by atoms with Crippen molar-refractivity contribution in [3.05, 3.63) is 82.9 Å². The number of hydrogen-bond donors (Lipinski definition) is 1. The Kier molecular flexibility index (Phi) is 9.53. The first-order chi connectivity index (χ1) is 16.7. The van der Waals surface area contributed by atoms with Gasteiger partial charge >= 0.3 is 5.97 Å². The van der Waals surface area contributed by atoms with E-state index in [1.807, 2.05) is 25.7 Å². The van der Waals surface area contributed by atoms with Gasteiger partial charge in [0.15, 0.2) is 0 Å². The second kappa shape index (κ2) is 12.4. The number of halogens is 1. The van der Waals surface area contributed by atoms with Crippen molar-refractivity contribution in [1.82, 2.24) is 10.2 Å². The van der Waals surface area contributed by atoms with Gasteiger partial charge in [-0.2, -0.15) is 0 Å². The largest absolute Gasteiger partial charge is 0.459 e. The van der Waals surface area contributed by atoms with E-state index >= 15 is 0 Å². The molecule has 35 heavy (non-hydrogen) atoms. The molecule has 2 aromatic rings. The van der Waals surface area contributed by atoms with Crippen LogP contribution in [0.2, 0.25) is 5.02 Å². The molecule has 5 nitrogen and oxygen atoms in total. The van der Waals surface area contributed by atoms with Crippen LogP contribution in [0.3, 0.4) is 0 Å². The van der Waals surface area contributed by atoms with Crippen molar-refractivity contribution in [1.29, 1.82) is 0 Å². The van der Waals surface area contributed by atoms with Gasteiger partial charge < -0.3 is 15.0 Å². The number of amides is 1. The third-order valence-electron chi connectivity index (χ3n) is 6.28. The van der Waals surface area contributed by atoms with Gasteiger partial charge in [-0.05, 0) is 87.8 Å². The Morgan fingerprint density at radius 1 is 1.06 bits per heavy atom. The summed E-state index contributed by atoms with van der Waals surface area (Å²) >= 11 is 5.98. The molecule has 0 saturated heterocycles. The number of ether oxygens (including phenoxy) is 1. The van der Waals surface area contributed by atoms with Crippen LogP contribution in [-0.4, -0.2) is 41.5 Å². The lowest BCUT2D eigenvalue weighted by atomic mass is 9.81. The molecule has 188 valence electrons. The zero-order valence-electron chi connectivity index (χ0n) is 21.1. The summed E-state index contributed by atoms with van der Waals surface area (Å²) in [4.78, 5) is 26.9. The molecule has 0 atom stereocenters. The van der Waals surface area contributed by atoms with Gasteiger partial charge in [0, 0.05) is 29.7 Å². The molecule has 1 aliphatic rings. The lowest BCUT2D eigenvalue weighted by Crippen LogP contribution is -2.42. The average molecular weight is 497 g/mol. The molecule has 2 aromatic carbocycles. The van der Waals surface area contributed by atoms with Crippen molar-refractivity contribution >= 4 is 23.5 Å². The minimum Gasteiger partial charge on any atom is -0.459 e. The SMILES string of the molecule is C=CCN(C(=O)c1ccc(Cl)cc1)C1CCC(c2ccc(CNCC(=O)OC(C)(C)C)cc2)CC1. The molecule has 0 unspecified atom stereocenters. The Bertz CT molecular complexity index is 988. The molecule has 1 saturated carbocycles. The van der Waals surface area contributed by atoms with E-state index in [-0.39, 0.29) is 24.5 Å². The van der Waals surface area contributed by atoms with Crippen molar-refractivity contribution in [2.45, 2.75) is 70.6 Å². The van der Waals surface area contributed by atoms with E-state index in [2.05, 4.69) is 36.2 Å². The van der Waals surface area contributed by atoms with Crippen LogP contribution < -0.4 is 5.32 Å². The minimum atomic E-state index is -0.467. The Hall–Kier alpha value is -2.63. The van der Waals surface area contributed by atoms with E-state index in [1.165, 1.54) is 5.56 Å². The van der Waals surface area contributed by atoms with Crippen LogP contribution in [-0.2, 0) is 16.1 Å². The fourth-order valence-electron chi connectivity index (χ4n) is 4.61. The van der Waals surface area contributed by atoms with Gasteiger partial charge in [-0.25, -0.2) is 0 Å². The van der Waals surface area contributed by atoms with E-state index in [1.54, 1.807) is 30.3 Å². The normalized spacial score (nSPS) is 18.1. The monoisotopic (exact) mass is 496 g/mol. The summed E-state index contributed by atoms with van der Waals surface area (Å²) < 4.78 is 5.32. The summed E-state index contributed by atoms with van der Waals surface area (Å²) in [7, 11) is 0. The predicted octanol–water partition coefficient (Wildman–Crippen LogP) is 6.13. The highest BCUT2D eigenvalue weighted by Gasteiger charge is 2.29. The van der Waals surface area contributed by atoms with Crippen LogP contribution >= 0.6 is 11.6 Å². The van der Waals surface area contributed by atoms with Gasteiger partial charge in [0.05, 0.1) is 6.54 Å². The Morgan fingerprint density at radius 3 is 2.26 bits per heavy atom. The molecule has 1 N–H and O–H groups in total. The molecule has 0 radical (unpaired) electrons. The number of carbonyl (C=O) groups excluding carboxylic acids is 2. The molecule has 1 aliphatic carbocycles. The Labute approximate surface area is 214 Å². The van der Waals surface area contributed by atoms with Gasteiger partial charge in [0.2, 0.25) is 0 Å². The standard InChI is InChI=1S/C29H37ClN2O3/c1-5-18-32(28(34)24-10-14-25(30)15-11-24)26-16-12-23(13-17-26)22-8-6-21(7-9-22)19-31-20-27(33)35-29(2,3)4/h5-11,14-15,23,26,31H,1,12-13,16-20H2,2-4H3. The lowest BCUT2D eigenvalue weighted by molar-refractivity contribution is -0.153. The summed E-state index contributed by atoms with van der Waals surface area (Å²) in [5.74, 6) is 0.283. The van der Waals surface area contributed by atoms with Gasteiger partial charge in [0.1, 0.15) is 5.60 Å². The van der Waals surface area contributed by atoms with Gasteiger partial charge in [0.25, 0.3) is 5.91 Å². The summed E-state index contributed by atoms with van der Waals surface area (Å²) in [5.41, 5.74) is 2.66. The lowest BCUT2D eigenvalue weighted by Gasteiger charge is -2.36. The molecule has 0 heterocycles. The second-order valence-corrected chi connectivity index (χ2v) is 10.6. The number of nitrogens with zero attached hydrogens (tertiary/aromatic N) is 1. The maximum absolute atomic E-state index is 13.1. The van der Waals surface area contributed by atoms with Gasteiger partial charge in [-0.15, -0.1) is 6.58 Å². The van der Waals surface area contributed by atoms with Crippen LogP contribution in [0.25, 0.3) is 0 Å². The van der Waals surface area contributed by atoms with E-state index in [4.69, 9.17) is 16.3 Å². The molecule has 6 heteroatoms. The molecular formula is C29H37ClN2O3. The maximum Gasteiger partial charge on any atom is 0.320 e. The molecule has 0 bridgehead atoms. The fraction of sp³-hybridized carbons (Fsp3) is 0.448. The van der Waals surface area contributed by atoms with E-state index in [9.17, 15) is 9.59 Å². The number of rotatable bonds is 9. The summed E-state index contributed by atoms with van der Waals surface area (Å²) in [6.45, 7) is 10.8. The van der Waals surface area contributed by atoms with Crippen LogP contribution in [0.15, 0.2) is 61.2 Å². The van der Waals surface area contributed by atoms with Crippen molar-refractivity contribution in [3.63, 3.8) is 0 Å². The van der Waals surface area contributed by atoms with Crippen molar-refractivity contribution in [3.8, 4) is 0 Å². The minimum absolute atomic E-state index is 0.0354. The first kappa shape index (κ1) is 27.0. The first-order valence-electron chi connectivity index (χ1n) is 12.3. The van der Waals surface area contributed by atoms with E-state index in [0.29, 0.717) is 29.6 Å². The summed E-state index contributed by atoms with van der Waals surface area (Å²) in [6, 6.07) is 15.9. The number of carbonyl (C=O) groups is 2. The third-order valence-corrected chi connectivity index (χ3v) is 6.54. The highest BCUT2D eigenvalue weighted by atomic mass is 35.5. The van der Waals surface area contributed by atoms with Crippen molar-refractivity contribution in [2.24, 2.45) is 0 Å². The Balaban J connectivity index is 1.51. The highest BCUT2D eigenvalue weighted by Crippen LogP contribution is 2.35. The molecule has 1 amide bonds. The zero-order chi connectivity index (χ0) is 25.4. The Morgan fingerprint density at radius 2 is 1.69 bits per heavy atom. The number of esters is 1. The van der Waals surface area contributed by atoms with Crippen LogP contribution in [0.4, 0.5) is 0 Å². The molecule has 1 fully saturated rings. The molecule has 0 aliphatic heterocycles. The summed E-state index contributed by atoms with van der Waals surface area (Å²) in [6.07, 6.45) is 5.83. The maximum atomic E-state index is 13.1. The third kappa shape index (κ3) is 8.22. The highest BCUT2D eigenvalue weighted by molar-refractivity contribution is 6.30. The van der Waals surface area contributed by atoms with Crippen molar-refractivity contribution < 1.29 is 14.3 Å². The molecule has 0 aromatic heterocycles. The van der Waals surface area contributed by atoms with Gasteiger partial charge in [-0.1, -0.05) is 41.9 Å². The van der Waals surface area contributed by atoms with E-state index in [0.717, 1.165) is 31.2 Å². The van der Waals surface area contributed by atoms with Crippen LogP contribution in [0, 0.1) is 0 Å². The predicted molar refractivity (Wildman–Crippen MR) is 142 cm³/mol. The topological polar surface area (TPSA) is 58.6 Å². The van der Waals surface area contributed by atoms with Crippen molar-refractivity contribution in [2.75, 3.05) is 13.1 Å².